The third kappa shape index (κ3) is 3.58. The van der Waals surface area contributed by atoms with Crippen LogP contribution in [0.5, 0.6) is 0 Å². The highest BCUT2D eigenvalue weighted by Gasteiger charge is 2.08. The largest absolute Gasteiger partial charge is 0.327 e. The van der Waals surface area contributed by atoms with Crippen molar-refractivity contribution in [3.05, 3.63) is 56.2 Å². The van der Waals surface area contributed by atoms with Gasteiger partial charge in [-0.3, -0.25) is 0 Å². The van der Waals surface area contributed by atoms with Crippen LogP contribution < -0.4 is 5.73 Å². The Morgan fingerprint density at radius 3 is 2.50 bits per heavy atom. The summed E-state index contributed by atoms with van der Waals surface area (Å²) in [5.41, 5.74) is 10.2. The van der Waals surface area contributed by atoms with E-state index in [1.54, 1.807) is 11.3 Å². The average Bonchev–Trinajstić information content (AvgIpc) is 2.69. The molecule has 0 bridgehead atoms. The lowest BCUT2D eigenvalue weighted by Gasteiger charge is -2.11. The van der Waals surface area contributed by atoms with Crippen LogP contribution in [0.2, 0.25) is 4.34 Å². The Balaban J connectivity index is 1.98. The lowest BCUT2D eigenvalue weighted by molar-refractivity contribution is 0.670. The van der Waals surface area contributed by atoms with Crippen LogP contribution in [0.3, 0.4) is 0 Å². The number of nitrogens with two attached hydrogens (primary N) is 1. The molecule has 0 spiro atoms. The smallest absolute Gasteiger partial charge is 0.0931 e. The van der Waals surface area contributed by atoms with Gasteiger partial charge in [-0.05, 0) is 55.5 Å². The number of benzene rings is 1. The summed E-state index contributed by atoms with van der Waals surface area (Å²) in [6, 6.07) is 10.7. The molecule has 0 aliphatic rings. The molecule has 0 saturated carbocycles. The Morgan fingerprint density at radius 1 is 1.11 bits per heavy atom. The third-order valence-electron chi connectivity index (χ3n) is 3.16. The fraction of sp³-hybridized carbons (Fsp3) is 0.333. The maximum atomic E-state index is 6.20. The minimum atomic E-state index is 0.154. The first-order valence-corrected chi connectivity index (χ1v) is 7.30. The summed E-state index contributed by atoms with van der Waals surface area (Å²) in [7, 11) is 0. The minimum Gasteiger partial charge on any atom is -0.327 e. The van der Waals surface area contributed by atoms with E-state index in [-0.39, 0.29) is 6.04 Å². The average molecular weight is 280 g/mol. The summed E-state index contributed by atoms with van der Waals surface area (Å²) in [6.07, 6.45) is 1.81. The summed E-state index contributed by atoms with van der Waals surface area (Å²) >= 11 is 7.54. The van der Waals surface area contributed by atoms with Gasteiger partial charge in [0.15, 0.2) is 0 Å². The fourth-order valence-electron chi connectivity index (χ4n) is 2.03. The molecule has 3 heteroatoms. The third-order valence-corrected chi connectivity index (χ3v) is 4.41. The molecule has 2 rings (SSSR count). The highest BCUT2D eigenvalue weighted by atomic mass is 35.5. The van der Waals surface area contributed by atoms with E-state index in [0.29, 0.717) is 0 Å². The van der Waals surface area contributed by atoms with Crippen molar-refractivity contribution in [1.82, 2.24) is 0 Å². The Kier molecular flexibility index (Phi) is 4.44. The Hall–Kier alpha value is -0.830. The van der Waals surface area contributed by atoms with Crippen LogP contribution in [0.1, 0.15) is 21.6 Å². The van der Waals surface area contributed by atoms with Gasteiger partial charge in [0, 0.05) is 10.9 Å². The Bertz CT molecular complexity index is 533. The molecule has 2 aromatic rings. The van der Waals surface area contributed by atoms with Crippen LogP contribution in [0.25, 0.3) is 0 Å². The number of aryl methyl sites for hydroxylation is 2. The predicted molar refractivity (Wildman–Crippen MR) is 80.6 cm³/mol. The highest BCUT2D eigenvalue weighted by molar-refractivity contribution is 7.16. The van der Waals surface area contributed by atoms with E-state index in [0.717, 1.165) is 17.2 Å². The zero-order chi connectivity index (χ0) is 13.1. The van der Waals surface area contributed by atoms with Crippen LogP contribution >= 0.6 is 22.9 Å². The SMILES string of the molecule is Cc1ccc(CC(N)Cc2ccc(Cl)s2)cc1C. The molecule has 1 aromatic heterocycles. The molecule has 96 valence electrons. The summed E-state index contributed by atoms with van der Waals surface area (Å²) in [4.78, 5) is 1.26. The van der Waals surface area contributed by atoms with Gasteiger partial charge in [-0.15, -0.1) is 11.3 Å². The van der Waals surface area contributed by atoms with Crippen LogP contribution in [0.15, 0.2) is 30.3 Å². The maximum Gasteiger partial charge on any atom is 0.0931 e. The summed E-state index contributed by atoms with van der Waals surface area (Å²) < 4.78 is 0.836. The van der Waals surface area contributed by atoms with E-state index in [2.05, 4.69) is 38.1 Å². The minimum absolute atomic E-state index is 0.154. The molecule has 0 saturated heterocycles. The Labute approximate surface area is 118 Å². The van der Waals surface area contributed by atoms with E-state index >= 15 is 0 Å². The van der Waals surface area contributed by atoms with Gasteiger partial charge in [-0.2, -0.15) is 0 Å². The van der Waals surface area contributed by atoms with Crippen molar-refractivity contribution < 1.29 is 0 Å². The zero-order valence-electron chi connectivity index (χ0n) is 10.7. The van der Waals surface area contributed by atoms with Crippen molar-refractivity contribution in [2.75, 3.05) is 0 Å². The number of rotatable bonds is 4. The van der Waals surface area contributed by atoms with E-state index in [1.165, 1.54) is 21.6 Å². The summed E-state index contributed by atoms with van der Waals surface area (Å²) in [5, 5.41) is 0. The van der Waals surface area contributed by atoms with Gasteiger partial charge < -0.3 is 5.73 Å². The quantitative estimate of drug-likeness (QED) is 0.895. The lowest BCUT2D eigenvalue weighted by Crippen LogP contribution is -2.25. The lowest BCUT2D eigenvalue weighted by atomic mass is 9.99. The predicted octanol–water partition coefficient (Wildman–Crippen LogP) is 4.13. The molecule has 1 unspecified atom stereocenters. The first-order valence-electron chi connectivity index (χ1n) is 6.10. The van der Waals surface area contributed by atoms with Crippen molar-refractivity contribution in [3.63, 3.8) is 0 Å². The van der Waals surface area contributed by atoms with Gasteiger partial charge in [0.25, 0.3) is 0 Å². The monoisotopic (exact) mass is 279 g/mol. The van der Waals surface area contributed by atoms with Gasteiger partial charge in [0.05, 0.1) is 4.34 Å². The standard InChI is InChI=1S/C15H18ClNS/c1-10-3-4-12(7-11(10)2)8-13(17)9-14-5-6-15(16)18-14/h3-7,13H,8-9,17H2,1-2H3. The molecule has 0 amide bonds. The van der Waals surface area contributed by atoms with Crippen molar-refractivity contribution >= 4 is 22.9 Å². The van der Waals surface area contributed by atoms with Gasteiger partial charge >= 0.3 is 0 Å². The van der Waals surface area contributed by atoms with E-state index in [4.69, 9.17) is 17.3 Å². The van der Waals surface area contributed by atoms with Gasteiger partial charge in [0.2, 0.25) is 0 Å². The molecule has 2 N–H and O–H groups in total. The topological polar surface area (TPSA) is 26.0 Å². The van der Waals surface area contributed by atoms with E-state index in [9.17, 15) is 0 Å². The second-order valence-electron chi connectivity index (χ2n) is 4.79. The highest BCUT2D eigenvalue weighted by Crippen LogP contribution is 2.23. The summed E-state index contributed by atoms with van der Waals surface area (Å²) in [6.45, 7) is 4.27. The molecule has 0 aliphatic heterocycles. The Morgan fingerprint density at radius 2 is 1.89 bits per heavy atom. The molecule has 0 radical (unpaired) electrons. The number of halogens is 1. The van der Waals surface area contributed by atoms with Gasteiger partial charge in [-0.25, -0.2) is 0 Å². The van der Waals surface area contributed by atoms with E-state index < -0.39 is 0 Å². The number of hydrogen-bond donors (Lipinski definition) is 1. The van der Waals surface area contributed by atoms with Gasteiger partial charge in [-0.1, -0.05) is 29.8 Å². The van der Waals surface area contributed by atoms with Crippen LogP contribution in [0.4, 0.5) is 0 Å². The molecule has 0 aliphatic carbocycles. The first-order chi connectivity index (χ1) is 8.54. The molecule has 0 fully saturated rings. The van der Waals surface area contributed by atoms with Crippen molar-refractivity contribution in [2.45, 2.75) is 32.7 Å². The summed E-state index contributed by atoms with van der Waals surface area (Å²) in [5.74, 6) is 0. The van der Waals surface area contributed by atoms with Crippen LogP contribution in [0, 0.1) is 13.8 Å². The fourth-order valence-corrected chi connectivity index (χ4v) is 3.21. The molecule has 18 heavy (non-hydrogen) atoms. The number of hydrogen-bond acceptors (Lipinski definition) is 2. The normalized spacial score (nSPS) is 12.7. The molecule has 1 nitrogen and oxygen atoms in total. The first kappa shape index (κ1) is 13.6. The maximum absolute atomic E-state index is 6.20. The molecule has 1 heterocycles. The van der Waals surface area contributed by atoms with E-state index in [1.807, 2.05) is 6.07 Å². The second kappa shape index (κ2) is 5.87. The van der Waals surface area contributed by atoms with Crippen LogP contribution in [-0.4, -0.2) is 6.04 Å². The second-order valence-corrected chi connectivity index (χ2v) is 6.59. The van der Waals surface area contributed by atoms with Crippen LogP contribution in [-0.2, 0) is 12.8 Å². The van der Waals surface area contributed by atoms with Gasteiger partial charge in [0.1, 0.15) is 0 Å². The molecule has 1 aromatic carbocycles. The molecular formula is C15H18ClNS. The molecular weight excluding hydrogens is 262 g/mol. The molecule has 1 atom stereocenters. The van der Waals surface area contributed by atoms with Crippen molar-refractivity contribution in [2.24, 2.45) is 5.73 Å². The van der Waals surface area contributed by atoms with Crippen molar-refractivity contribution in [1.29, 1.82) is 0 Å². The number of thiophene rings is 1. The van der Waals surface area contributed by atoms with Crippen molar-refractivity contribution in [3.8, 4) is 0 Å². The zero-order valence-corrected chi connectivity index (χ0v) is 12.3.